The van der Waals surface area contributed by atoms with Crippen molar-refractivity contribution >= 4 is 23.4 Å². The lowest BCUT2D eigenvalue weighted by molar-refractivity contribution is -0.142. The van der Waals surface area contributed by atoms with Gasteiger partial charge in [-0.15, -0.1) is 0 Å². The second-order valence-electron chi connectivity index (χ2n) is 13.2. The predicted molar refractivity (Wildman–Crippen MR) is 158 cm³/mol. The maximum atomic E-state index is 14.1. The molecule has 8 atom stereocenters. The van der Waals surface area contributed by atoms with Crippen LogP contribution in [0.25, 0.3) is 0 Å². The maximum Gasteiger partial charge on any atom is 0.246 e. The quantitative estimate of drug-likeness (QED) is 0.318. The summed E-state index contributed by atoms with van der Waals surface area (Å²) >= 11 is 0. The van der Waals surface area contributed by atoms with Gasteiger partial charge in [-0.2, -0.15) is 0 Å². The van der Waals surface area contributed by atoms with E-state index in [1.54, 1.807) is 4.90 Å². The molecule has 3 aliphatic heterocycles. The lowest BCUT2D eigenvalue weighted by Crippen LogP contribution is -2.58. The molecular formula is C33H47N3O5. The third-order valence-corrected chi connectivity index (χ3v) is 9.80. The van der Waals surface area contributed by atoms with Crippen molar-refractivity contribution in [3.05, 3.63) is 42.0 Å². The summed E-state index contributed by atoms with van der Waals surface area (Å²) in [5.74, 6) is -0.835. The number of carbonyl (C=O) groups is 3. The fraction of sp³-hybridized carbons (Fsp3) is 0.667. The van der Waals surface area contributed by atoms with Gasteiger partial charge in [0.25, 0.3) is 0 Å². The van der Waals surface area contributed by atoms with Crippen LogP contribution in [0.4, 0.5) is 5.69 Å². The molecule has 8 heteroatoms. The van der Waals surface area contributed by atoms with Crippen LogP contribution in [0, 0.1) is 23.7 Å². The Morgan fingerprint density at radius 2 is 1.83 bits per heavy atom. The highest BCUT2D eigenvalue weighted by molar-refractivity contribution is 6.02. The molecule has 1 aromatic rings. The Balaban J connectivity index is 1.39. The van der Waals surface area contributed by atoms with Gasteiger partial charge in [0.15, 0.2) is 0 Å². The van der Waals surface area contributed by atoms with Gasteiger partial charge in [0.1, 0.15) is 11.6 Å². The summed E-state index contributed by atoms with van der Waals surface area (Å²) < 4.78 is 12.2. The average Bonchev–Trinajstić information content (AvgIpc) is 3.57. The molecule has 8 nitrogen and oxygen atoms in total. The van der Waals surface area contributed by atoms with Crippen LogP contribution < -0.4 is 10.6 Å². The van der Waals surface area contributed by atoms with E-state index in [-0.39, 0.29) is 29.9 Å². The fourth-order valence-corrected chi connectivity index (χ4v) is 7.29. The Labute approximate surface area is 244 Å². The molecule has 6 unspecified atom stereocenters. The molecule has 4 aliphatic rings. The maximum absolute atomic E-state index is 14.1. The molecule has 2 bridgehead atoms. The van der Waals surface area contributed by atoms with E-state index in [0.717, 1.165) is 19.3 Å². The molecular weight excluding hydrogens is 518 g/mol. The van der Waals surface area contributed by atoms with Crippen LogP contribution in [0.5, 0.6) is 0 Å². The van der Waals surface area contributed by atoms with Gasteiger partial charge in [0.2, 0.25) is 17.7 Å². The Bertz CT molecular complexity index is 1160. The normalized spacial score (nSPS) is 34.0. The van der Waals surface area contributed by atoms with E-state index in [0.29, 0.717) is 43.0 Å². The Kier molecular flexibility index (Phi) is 8.63. The Hall–Kier alpha value is -2.71. The fourth-order valence-electron chi connectivity index (χ4n) is 7.29. The van der Waals surface area contributed by atoms with Crippen LogP contribution in [-0.2, 0) is 23.9 Å². The van der Waals surface area contributed by atoms with Gasteiger partial charge in [-0.3, -0.25) is 14.4 Å². The van der Waals surface area contributed by atoms with Crippen molar-refractivity contribution in [3.8, 4) is 0 Å². The number of nitrogens with one attached hydrogen (secondary N) is 2. The van der Waals surface area contributed by atoms with Crippen molar-refractivity contribution in [2.75, 3.05) is 18.5 Å². The summed E-state index contributed by atoms with van der Waals surface area (Å²) in [6.45, 7) is 13.5. The molecule has 1 aromatic carbocycles. The largest absolute Gasteiger partial charge is 0.379 e. The van der Waals surface area contributed by atoms with Gasteiger partial charge < -0.3 is 25.0 Å². The topological polar surface area (TPSA) is 97.0 Å². The van der Waals surface area contributed by atoms with Gasteiger partial charge in [-0.25, -0.2) is 0 Å². The van der Waals surface area contributed by atoms with Crippen molar-refractivity contribution in [2.45, 2.75) is 103 Å². The molecule has 2 N–H and O–H groups in total. The van der Waals surface area contributed by atoms with Crippen molar-refractivity contribution in [3.63, 3.8) is 0 Å². The van der Waals surface area contributed by atoms with Crippen molar-refractivity contribution in [1.29, 1.82) is 0 Å². The van der Waals surface area contributed by atoms with Crippen molar-refractivity contribution < 1.29 is 23.9 Å². The van der Waals surface area contributed by atoms with Gasteiger partial charge in [0.05, 0.1) is 24.0 Å². The number of carbonyl (C=O) groups excluding carboxylic acids is 3. The van der Waals surface area contributed by atoms with E-state index in [1.807, 2.05) is 50.3 Å². The van der Waals surface area contributed by atoms with Crippen LogP contribution in [0.15, 0.2) is 36.4 Å². The van der Waals surface area contributed by atoms with Crippen LogP contribution >= 0.6 is 0 Å². The van der Waals surface area contributed by atoms with E-state index >= 15 is 0 Å². The number of nitrogens with zero attached hydrogens (tertiary/aromatic N) is 1. The molecule has 5 rings (SSSR count). The molecule has 41 heavy (non-hydrogen) atoms. The minimum absolute atomic E-state index is 0.0541. The van der Waals surface area contributed by atoms with Gasteiger partial charge in [-0.05, 0) is 62.1 Å². The average molecular weight is 566 g/mol. The van der Waals surface area contributed by atoms with E-state index in [2.05, 4.69) is 38.3 Å². The first kappa shape index (κ1) is 29.8. The first-order valence-electron chi connectivity index (χ1n) is 15.5. The molecule has 1 saturated carbocycles. The third-order valence-electron chi connectivity index (χ3n) is 9.80. The summed E-state index contributed by atoms with van der Waals surface area (Å²) in [7, 11) is 0. The van der Waals surface area contributed by atoms with Crippen LogP contribution in [-0.4, -0.2) is 65.7 Å². The number of ether oxygens (including phenoxy) is 2. The molecule has 1 aliphatic carbocycles. The highest BCUT2D eigenvalue weighted by atomic mass is 16.5. The second-order valence-corrected chi connectivity index (χ2v) is 13.2. The van der Waals surface area contributed by atoms with Crippen LogP contribution in [0.1, 0.15) is 78.7 Å². The molecule has 3 amide bonds. The molecule has 2 saturated heterocycles. The number of hydrogen-bond acceptors (Lipinski definition) is 5. The number of benzene rings is 1. The number of anilines is 1. The zero-order chi connectivity index (χ0) is 29.5. The van der Waals surface area contributed by atoms with Crippen LogP contribution in [0.3, 0.4) is 0 Å². The zero-order valence-corrected chi connectivity index (χ0v) is 25.4. The first-order chi connectivity index (χ1) is 19.5. The highest BCUT2D eigenvalue weighted by Gasteiger charge is 2.72. The lowest BCUT2D eigenvalue weighted by atomic mass is 9.73. The van der Waals surface area contributed by atoms with Gasteiger partial charge in [0, 0.05) is 24.9 Å². The molecule has 0 radical (unpaired) electrons. The predicted octanol–water partition coefficient (Wildman–Crippen LogP) is 4.66. The molecule has 1 spiro atoms. The van der Waals surface area contributed by atoms with Crippen LogP contribution in [0.2, 0.25) is 0 Å². The Morgan fingerprint density at radius 3 is 2.51 bits per heavy atom. The summed E-state index contributed by atoms with van der Waals surface area (Å²) in [5, 5.41) is 6.33. The first-order valence-corrected chi connectivity index (χ1v) is 15.5. The lowest BCUT2D eigenvalue weighted by Gasteiger charge is -2.38. The minimum atomic E-state index is -1.15. The number of rotatable bonds is 10. The summed E-state index contributed by atoms with van der Waals surface area (Å²) in [6.07, 6.45) is 7.04. The molecule has 3 fully saturated rings. The zero-order valence-electron chi connectivity index (χ0n) is 25.4. The van der Waals surface area contributed by atoms with Gasteiger partial charge in [-0.1, -0.05) is 64.8 Å². The van der Waals surface area contributed by atoms with Crippen molar-refractivity contribution in [2.24, 2.45) is 23.7 Å². The smallest absolute Gasteiger partial charge is 0.246 e. The molecule has 224 valence electrons. The SMILES string of the molecule is CC(C)OCCCN1C(=O)[C@H]2C(C(=O)Nc3ccc(C(C)C)cc3)[C@H]3C=CC2(O3)C1C(=O)NC1CCCC(C)C1C. The number of likely N-dealkylation sites (tertiary alicyclic amines) is 1. The second kappa shape index (κ2) is 11.9. The Morgan fingerprint density at radius 1 is 1.10 bits per heavy atom. The van der Waals surface area contributed by atoms with E-state index in [4.69, 9.17) is 9.47 Å². The minimum Gasteiger partial charge on any atom is -0.379 e. The number of amides is 3. The summed E-state index contributed by atoms with van der Waals surface area (Å²) in [6, 6.07) is 7.04. The summed E-state index contributed by atoms with van der Waals surface area (Å²) in [5.41, 5.74) is 0.715. The van der Waals surface area contributed by atoms with Crippen molar-refractivity contribution in [1.82, 2.24) is 10.2 Å². The van der Waals surface area contributed by atoms with E-state index in [1.165, 1.54) is 5.56 Å². The molecule has 0 aromatic heterocycles. The third kappa shape index (κ3) is 5.57. The number of hydrogen-bond donors (Lipinski definition) is 2. The van der Waals surface area contributed by atoms with E-state index in [9.17, 15) is 14.4 Å². The molecule has 3 heterocycles. The standard InChI is InChI=1S/C33H47N3O5/c1-19(2)23-11-13-24(14-12-23)34-30(37)27-26-15-16-33(41-26)28(27)32(39)36(17-8-18-40-20(3)4)29(33)31(38)35-25-10-7-9-21(5)22(25)6/h11-16,19-22,25-29H,7-10,17-18H2,1-6H3,(H,34,37)(H,35,38)/t21?,22?,25?,26-,27?,28-,29?,33?/m1/s1. The highest BCUT2D eigenvalue weighted by Crippen LogP contribution is 2.55. The van der Waals surface area contributed by atoms with E-state index < -0.39 is 29.6 Å². The summed E-state index contributed by atoms with van der Waals surface area (Å²) in [4.78, 5) is 43.6. The number of fused-ring (bicyclic) bond motifs is 1. The monoisotopic (exact) mass is 565 g/mol. The van der Waals surface area contributed by atoms with Gasteiger partial charge >= 0.3 is 0 Å².